The van der Waals surface area contributed by atoms with Crippen LogP contribution in [0.2, 0.25) is 0 Å². The predicted octanol–water partition coefficient (Wildman–Crippen LogP) is 1.81. The topological polar surface area (TPSA) is 75.1 Å². The summed E-state index contributed by atoms with van der Waals surface area (Å²) in [5, 5.41) is 16.0. The van der Waals surface area contributed by atoms with Crippen LogP contribution in [0.1, 0.15) is 18.4 Å². The maximum Gasteiger partial charge on any atom is 0.191 e. The molecule has 1 aliphatic rings. The molecule has 1 atom stereocenters. The summed E-state index contributed by atoms with van der Waals surface area (Å²) in [4.78, 5) is 4.27. The van der Waals surface area contributed by atoms with Gasteiger partial charge in [0.2, 0.25) is 0 Å². The van der Waals surface area contributed by atoms with E-state index in [0.717, 1.165) is 50.7 Å². The summed E-state index contributed by atoms with van der Waals surface area (Å²) >= 11 is 0. The molecular weight excluding hydrogens is 433 g/mol. The number of aliphatic imine (C=N–C) groups is 1. The smallest absolute Gasteiger partial charge is 0.191 e. The Morgan fingerprint density at radius 1 is 1.36 bits per heavy atom. The van der Waals surface area contributed by atoms with Crippen LogP contribution in [0.25, 0.3) is 0 Å². The van der Waals surface area contributed by atoms with Gasteiger partial charge < -0.3 is 25.2 Å². The van der Waals surface area contributed by atoms with Crippen molar-refractivity contribution in [2.45, 2.75) is 19.3 Å². The predicted molar refractivity (Wildman–Crippen MR) is 111 cm³/mol. The van der Waals surface area contributed by atoms with Gasteiger partial charge in [0, 0.05) is 38.8 Å². The molecule has 0 bridgehead atoms. The number of rotatable bonds is 8. The average Bonchev–Trinajstić information content (AvgIpc) is 3.07. The van der Waals surface area contributed by atoms with Crippen LogP contribution >= 0.6 is 24.0 Å². The number of nitrogens with one attached hydrogen (secondary N) is 2. The zero-order valence-electron chi connectivity index (χ0n) is 15.1. The van der Waals surface area contributed by atoms with Crippen LogP contribution in [0.5, 0.6) is 5.75 Å². The monoisotopic (exact) mass is 463 g/mol. The summed E-state index contributed by atoms with van der Waals surface area (Å²) < 4.78 is 10.9. The van der Waals surface area contributed by atoms with Crippen LogP contribution in [0.15, 0.2) is 29.3 Å². The van der Waals surface area contributed by atoms with Gasteiger partial charge in [-0.05, 0) is 30.9 Å². The number of aliphatic hydroxyl groups excluding tert-OH is 1. The SMILES string of the molecule is CN=C(NCCc1ccccc1OC)NCC1(CCO)CCOC1.I. The maximum absolute atomic E-state index is 9.29. The summed E-state index contributed by atoms with van der Waals surface area (Å²) in [6.07, 6.45) is 2.58. The quantitative estimate of drug-likeness (QED) is 0.312. The molecule has 1 aromatic rings. The fraction of sp³-hybridized carbons (Fsp3) is 0.611. The van der Waals surface area contributed by atoms with Crippen molar-refractivity contribution < 1.29 is 14.6 Å². The fourth-order valence-corrected chi connectivity index (χ4v) is 3.03. The second kappa shape index (κ2) is 11.5. The summed E-state index contributed by atoms with van der Waals surface area (Å²) in [5.41, 5.74) is 1.18. The molecule has 3 N–H and O–H groups in total. The second-order valence-corrected chi connectivity index (χ2v) is 6.19. The minimum absolute atomic E-state index is 0. The number of nitrogens with zero attached hydrogens (tertiary/aromatic N) is 1. The van der Waals surface area contributed by atoms with Gasteiger partial charge in [-0.1, -0.05) is 18.2 Å². The van der Waals surface area contributed by atoms with Crippen LogP contribution in [-0.2, 0) is 11.2 Å². The minimum atomic E-state index is 0. The number of methoxy groups -OCH3 is 1. The Kier molecular flexibility index (Phi) is 10.1. The van der Waals surface area contributed by atoms with Crippen LogP contribution in [0.3, 0.4) is 0 Å². The minimum Gasteiger partial charge on any atom is -0.496 e. The highest BCUT2D eigenvalue weighted by Crippen LogP contribution is 2.31. The van der Waals surface area contributed by atoms with E-state index < -0.39 is 0 Å². The van der Waals surface area contributed by atoms with Gasteiger partial charge in [0.25, 0.3) is 0 Å². The standard InChI is InChI=1S/C18H29N3O3.HI/c1-19-17(21-13-18(8-11-22)9-12-24-14-18)20-10-7-15-5-3-4-6-16(15)23-2;/h3-6,22H,7-14H2,1-2H3,(H2,19,20,21);1H. The summed E-state index contributed by atoms with van der Waals surface area (Å²) in [5.74, 6) is 1.68. The van der Waals surface area contributed by atoms with Crippen LogP contribution in [0, 0.1) is 5.41 Å². The third-order valence-electron chi connectivity index (χ3n) is 4.56. The lowest BCUT2D eigenvalue weighted by Crippen LogP contribution is -2.45. The van der Waals surface area contributed by atoms with E-state index in [-0.39, 0.29) is 36.0 Å². The molecule has 0 spiro atoms. The molecule has 0 radical (unpaired) electrons. The largest absolute Gasteiger partial charge is 0.496 e. The van der Waals surface area contributed by atoms with Gasteiger partial charge in [-0.2, -0.15) is 0 Å². The van der Waals surface area contributed by atoms with Crippen molar-refractivity contribution in [3.05, 3.63) is 29.8 Å². The fourth-order valence-electron chi connectivity index (χ4n) is 3.03. The van der Waals surface area contributed by atoms with Crippen molar-refractivity contribution in [2.24, 2.45) is 10.4 Å². The molecule has 0 aliphatic carbocycles. The highest BCUT2D eigenvalue weighted by molar-refractivity contribution is 14.0. The molecule has 0 amide bonds. The lowest BCUT2D eigenvalue weighted by atomic mass is 9.84. The first-order chi connectivity index (χ1) is 11.7. The van der Waals surface area contributed by atoms with Crippen molar-refractivity contribution in [1.29, 1.82) is 0 Å². The molecular formula is C18H30IN3O3. The van der Waals surface area contributed by atoms with E-state index in [0.29, 0.717) is 6.61 Å². The van der Waals surface area contributed by atoms with Crippen molar-refractivity contribution in [1.82, 2.24) is 10.6 Å². The Morgan fingerprint density at radius 3 is 2.80 bits per heavy atom. The van der Waals surface area contributed by atoms with E-state index in [1.807, 2.05) is 18.2 Å². The number of para-hydroxylation sites is 1. The lowest BCUT2D eigenvalue weighted by Gasteiger charge is -2.27. The molecule has 0 saturated carbocycles. The van der Waals surface area contributed by atoms with Crippen LogP contribution in [-0.4, -0.2) is 58.1 Å². The van der Waals surface area contributed by atoms with Crippen LogP contribution in [0.4, 0.5) is 0 Å². The van der Waals surface area contributed by atoms with Crippen molar-refractivity contribution in [2.75, 3.05) is 47.1 Å². The van der Waals surface area contributed by atoms with Gasteiger partial charge in [0.15, 0.2) is 5.96 Å². The zero-order chi connectivity index (χ0) is 17.3. The summed E-state index contributed by atoms with van der Waals surface area (Å²) in [7, 11) is 3.46. The lowest BCUT2D eigenvalue weighted by molar-refractivity contribution is 0.127. The second-order valence-electron chi connectivity index (χ2n) is 6.19. The van der Waals surface area contributed by atoms with E-state index in [1.165, 1.54) is 5.56 Å². The van der Waals surface area contributed by atoms with Gasteiger partial charge in [0.1, 0.15) is 5.75 Å². The molecule has 2 rings (SSSR count). The zero-order valence-corrected chi connectivity index (χ0v) is 17.4. The van der Waals surface area contributed by atoms with E-state index in [4.69, 9.17) is 9.47 Å². The van der Waals surface area contributed by atoms with Crippen molar-refractivity contribution in [3.8, 4) is 5.75 Å². The molecule has 1 aromatic carbocycles. The molecule has 1 heterocycles. The van der Waals surface area contributed by atoms with Gasteiger partial charge in [-0.3, -0.25) is 4.99 Å². The first-order valence-electron chi connectivity index (χ1n) is 8.48. The Bertz CT molecular complexity index is 534. The van der Waals surface area contributed by atoms with E-state index in [2.05, 4.69) is 21.7 Å². The number of halogens is 1. The molecule has 6 nitrogen and oxygen atoms in total. The van der Waals surface area contributed by atoms with Gasteiger partial charge in [-0.15, -0.1) is 24.0 Å². The number of hydrogen-bond donors (Lipinski definition) is 3. The molecule has 25 heavy (non-hydrogen) atoms. The third-order valence-corrected chi connectivity index (χ3v) is 4.56. The van der Waals surface area contributed by atoms with E-state index in [1.54, 1.807) is 14.2 Å². The number of ether oxygens (including phenoxy) is 2. The first kappa shape index (κ1) is 22.0. The highest BCUT2D eigenvalue weighted by Gasteiger charge is 2.34. The molecule has 1 fully saturated rings. The van der Waals surface area contributed by atoms with Gasteiger partial charge in [-0.25, -0.2) is 0 Å². The number of guanidine groups is 1. The van der Waals surface area contributed by atoms with Gasteiger partial charge >= 0.3 is 0 Å². The molecule has 1 saturated heterocycles. The molecule has 0 aromatic heterocycles. The normalized spacial score (nSPS) is 20.0. The van der Waals surface area contributed by atoms with Crippen molar-refractivity contribution >= 4 is 29.9 Å². The molecule has 142 valence electrons. The molecule has 7 heteroatoms. The highest BCUT2D eigenvalue weighted by atomic mass is 127. The third kappa shape index (κ3) is 6.63. The molecule has 1 unspecified atom stereocenters. The Balaban J connectivity index is 0.00000312. The Morgan fingerprint density at radius 2 is 2.16 bits per heavy atom. The van der Waals surface area contributed by atoms with Crippen molar-refractivity contribution in [3.63, 3.8) is 0 Å². The Hall–Kier alpha value is -1.06. The average molecular weight is 463 g/mol. The molecule has 1 aliphatic heterocycles. The van der Waals surface area contributed by atoms with E-state index >= 15 is 0 Å². The summed E-state index contributed by atoms with van der Waals surface area (Å²) in [6.45, 7) is 3.16. The van der Waals surface area contributed by atoms with E-state index in [9.17, 15) is 5.11 Å². The summed E-state index contributed by atoms with van der Waals surface area (Å²) in [6, 6.07) is 8.04. The van der Waals surface area contributed by atoms with Gasteiger partial charge in [0.05, 0.1) is 13.7 Å². The number of aliphatic hydroxyl groups is 1. The maximum atomic E-state index is 9.29. The Labute approximate surface area is 167 Å². The first-order valence-corrected chi connectivity index (χ1v) is 8.48. The van der Waals surface area contributed by atoms with Crippen LogP contribution < -0.4 is 15.4 Å². The number of hydrogen-bond acceptors (Lipinski definition) is 4. The number of benzene rings is 1.